The Morgan fingerprint density at radius 2 is 1.91 bits per heavy atom. The fourth-order valence-electron chi connectivity index (χ4n) is 3.09. The monoisotopic (exact) mass is 337 g/mol. The van der Waals surface area contributed by atoms with Crippen LogP contribution >= 0.6 is 0 Å². The minimum atomic E-state index is -3.12. The Balaban J connectivity index is 1.63. The Kier molecular flexibility index (Phi) is 4.59. The molecule has 0 unspecified atom stereocenters. The molecule has 1 saturated heterocycles. The van der Waals surface area contributed by atoms with Gasteiger partial charge in [0.25, 0.3) is 0 Å². The molecule has 1 N–H and O–H groups in total. The van der Waals surface area contributed by atoms with Crippen molar-refractivity contribution in [1.29, 1.82) is 0 Å². The van der Waals surface area contributed by atoms with Gasteiger partial charge in [-0.2, -0.15) is 4.31 Å². The standard InChI is InChI=1S/C16H23N3O3S/c1-2-3-10-23(21,22)19-8-6-18(7-9-19)14-4-5-15-13(11-14)12-16(20)17-15/h4-5,11H,2-3,6-10,12H2,1H3,(H,17,20). The zero-order valence-corrected chi connectivity index (χ0v) is 14.2. The predicted molar refractivity (Wildman–Crippen MR) is 91.3 cm³/mol. The van der Waals surface area contributed by atoms with Gasteiger partial charge in [0.1, 0.15) is 0 Å². The minimum absolute atomic E-state index is 0.0315. The first kappa shape index (κ1) is 16.3. The number of rotatable bonds is 5. The lowest BCUT2D eigenvalue weighted by molar-refractivity contribution is -0.115. The summed E-state index contributed by atoms with van der Waals surface area (Å²) in [6.07, 6.45) is 2.03. The van der Waals surface area contributed by atoms with Crippen LogP contribution in [-0.4, -0.2) is 50.6 Å². The molecule has 0 bridgehead atoms. The molecule has 0 saturated carbocycles. The number of benzene rings is 1. The number of nitrogens with one attached hydrogen (secondary N) is 1. The largest absolute Gasteiger partial charge is 0.369 e. The molecule has 1 amide bonds. The molecule has 1 aromatic carbocycles. The average molecular weight is 337 g/mol. The van der Waals surface area contributed by atoms with E-state index < -0.39 is 10.0 Å². The minimum Gasteiger partial charge on any atom is -0.369 e. The van der Waals surface area contributed by atoms with Gasteiger partial charge in [0.15, 0.2) is 0 Å². The van der Waals surface area contributed by atoms with E-state index in [1.54, 1.807) is 4.31 Å². The van der Waals surface area contributed by atoms with E-state index in [-0.39, 0.29) is 11.7 Å². The van der Waals surface area contributed by atoms with Crippen molar-refractivity contribution in [2.75, 3.05) is 42.1 Å². The molecule has 1 aromatic rings. The molecule has 126 valence electrons. The van der Waals surface area contributed by atoms with Gasteiger partial charge in [-0.3, -0.25) is 4.79 Å². The van der Waals surface area contributed by atoms with Crippen LogP contribution < -0.4 is 10.2 Å². The zero-order chi connectivity index (χ0) is 16.4. The quantitative estimate of drug-likeness (QED) is 0.882. The molecule has 3 rings (SSSR count). The van der Waals surface area contributed by atoms with Gasteiger partial charge >= 0.3 is 0 Å². The van der Waals surface area contributed by atoms with Gasteiger partial charge in [-0.05, 0) is 30.2 Å². The lowest BCUT2D eigenvalue weighted by Gasteiger charge is -2.35. The van der Waals surface area contributed by atoms with Crippen LogP contribution in [0.15, 0.2) is 18.2 Å². The molecular formula is C16H23N3O3S. The van der Waals surface area contributed by atoms with Crippen LogP contribution in [0.4, 0.5) is 11.4 Å². The number of hydrogen-bond acceptors (Lipinski definition) is 4. The predicted octanol–water partition coefficient (Wildman–Crippen LogP) is 1.43. The van der Waals surface area contributed by atoms with E-state index in [4.69, 9.17) is 0 Å². The summed E-state index contributed by atoms with van der Waals surface area (Å²) in [5.74, 6) is 0.278. The average Bonchev–Trinajstić information content (AvgIpc) is 2.92. The lowest BCUT2D eigenvalue weighted by Crippen LogP contribution is -2.49. The Labute approximate surface area is 137 Å². The van der Waals surface area contributed by atoms with Crippen LogP contribution in [0.3, 0.4) is 0 Å². The number of fused-ring (bicyclic) bond motifs is 1. The number of nitrogens with zero attached hydrogens (tertiary/aromatic N) is 2. The molecule has 6 nitrogen and oxygen atoms in total. The molecule has 0 aromatic heterocycles. The zero-order valence-electron chi connectivity index (χ0n) is 13.4. The number of piperazine rings is 1. The normalized spacial score (nSPS) is 18.8. The third-order valence-electron chi connectivity index (χ3n) is 4.47. The van der Waals surface area contributed by atoms with Crippen LogP contribution in [0.5, 0.6) is 0 Å². The fourth-order valence-corrected chi connectivity index (χ4v) is 4.72. The van der Waals surface area contributed by atoms with E-state index in [1.807, 2.05) is 25.1 Å². The van der Waals surface area contributed by atoms with Gasteiger partial charge in [0.05, 0.1) is 12.2 Å². The van der Waals surface area contributed by atoms with Crippen molar-refractivity contribution in [2.24, 2.45) is 0 Å². The third-order valence-corrected chi connectivity index (χ3v) is 6.42. The Hall–Kier alpha value is -1.60. The Morgan fingerprint density at radius 1 is 1.17 bits per heavy atom. The summed E-state index contributed by atoms with van der Waals surface area (Å²) >= 11 is 0. The second-order valence-corrected chi connectivity index (χ2v) is 8.21. The highest BCUT2D eigenvalue weighted by Gasteiger charge is 2.27. The molecule has 0 aliphatic carbocycles. The van der Waals surface area contributed by atoms with E-state index in [1.165, 1.54) is 0 Å². The maximum Gasteiger partial charge on any atom is 0.228 e. The van der Waals surface area contributed by atoms with Gasteiger partial charge in [-0.1, -0.05) is 13.3 Å². The summed E-state index contributed by atoms with van der Waals surface area (Å²) in [7, 11) is -3.12. The first-order valence-corrected chi connectivity index (χ1v) is 9.76. The summed E-state index contributed by atoms with van der Waals surface area (Å²) in [6.45, 7) is 4.43. The van der Waals surface area contributed by atoms with Crippen LogP contribution in [0.2, 0.25) is 0 Å². The first-order chi connectivity index (χ1) is 11.0. The van der Waals surface area contributed by atoms with Crippen LogP contribution in [0.1, 0.15) is 25.3 Å². The number of carbonyl (C=O) groups is 1. The molecule has 23 heavy (non-hydrogen) atoms. The van der Waals surface area contributed by atoms with Crippen molar-refractivity contribution in [2.45, 2.75) is 26.2 Å². The second-order valence-electron chi connectivity index (χ2n) is 6.12. The summed E-state index contributed by atoms with van der Waals surface area (Å²) < 4.78 is 26.1. The van der Waals surface area contributed by atoms with Gasteiger partial charge < -0.3 is 10.2 Å². The van der Waals surface area contributed by atoms with Crippen molar-refractivity contribution >= 4 is 27.3 Å². The molecule has 0 radical (unpaired) electrons. The maximum atomic E-state index is 12.2. The molecule has 1 fully saturated rings. The number of hydrogen-bond donors (Lipinski definition) is 1. The van der Waals surface area contributed by atoms with E-state index >= 15 is 0 Å². The van der Waals surface area contributed by atoms with Crippen LogP contribution in [0, 0.1) is 0 Å². The van der Waals surface area contributed by atoms with E-state index in [0.717, 1.165) is 23.4 Å². The second kappa shape index (κ2) is 6.49. The van der Waals surface area contributed by atoms with Gasteiger partial charge in [-0.25, -0.2) is 8.42 Å². The van der Waals surface area contributed by atoms with E-state index in [9.17, 15) is 13.2 Å². The van der Waals surface area contributed by atoms with Gasteiger partial charge in [0.2, 0.25) is 15.9 Å². The van der Waals surface area contributed by atoms with E-state index in [2.05, 4.69) is 10.2 Å². The van der Waals surface area contributed by atoms with Crippen molar-refractivity contribution in [3.63, 3.8) is 0 Å². The molecule has 0 atom stereocenters. The lowest BCUT2D eigenvalue weighted by atomic mass is 10.1. The smallest absolute Gasteiger partial charge is 0.228 e. The Bertz CT molecular complexity index is 695. The fraction of sp³-hybridized carbons (Fsp3) is 0.562. The van der Waals surface area contributed by atoms with Crippen molar-refractivity contribution in [1.82, 2.24) is 4.31 Å². The maximum absolute atomic E-state index is 12.2. The topological polar surface area (TPSA) is 69.7 Å². The molecule has 7 heteroatoms. The summed E-state index contributed by atoms with van der Waals surface area (Å²) in [5, 5.41) is 2.83. The highest BCUT2D eigenvalue weighted by atomic mass is 32.2. The molecule has 0 spiro atoms. The highest BCUT2D eigenvalue weighted by molar-refractivity contribution is 7.89. The number of amides is 1. The molecule has 2 heterocycles. The Morgan fingerprint density at radius 3 is 2.61 bits per heavy atom. The van der Waals surface area contributed by atoms with Gasteiger partial charge in [0, 0.05) is 37.6 Å². The number of carbonyl (C=O) groups excluding carboxylic acids is 1. The number of unbranched alkanes of at least 4 members (excludes halogenated alkanes) is 1. The molecular weight excluding hydrogens is 314 g/mol. The molecule has 2 aliphatic heterocycles. The van der Waals surface area contributed by atoms with Crippen molar-refractivity contribution < 1.29 is 13.2 Å². The first-order valence-electron chi connectivity index (χ1n) is 8.15. The summed E-state index contributed by atoms with van der Waals surface area (Å²) in [6, 6.07) is 5.96. The number of anilines is 2. The summed E-state index contributed by atoms with van der Waals surface area (Å²) in [5.41, 5.74) is 2.97. The SMILES string of the molecule is CCCCS(=O)(=O)N1CCN(c2ccc3c(c2)CC(=O)N3)CC1. The van der Waals surface area contributed by atoms with Gasteiger partial charge in [-0.15, -0.1) is 0 Å². The van der Waals surface area contributed by atoms with Crippen molar-refractivity contribution in [3.8, 4) is 0 Å². The van der Waals surface area contributed by atoms with Crippen molar-refractivity contribution in [3.05, 3.63) is 23.8 Å². The molecule has 2 aliphatic rings. The van der Waals surface area contributed by atoms with Crippen LogP contribution in [0.25, 0.3) is 0 Å². The van der Waals surface area contributed by atoms with Crippen LogP contribution in [-0.2, 0) is 21.2 Å². The van der Waals surface area contributed by atoms with E-state index in [0.29, 0.717) is 39.0 Å². The highest BCUT2D eigenvalue weighted by Crippen LogP contribution is 2.28. The summed E-state index contributed by atoms with van der Waals surface area (Å²) in [4.78, 5) is 13.6. The third kappa shape index (κ3) is 3.50. The number of sulfonamides is 1.